The topological polar surface area (TPSA) is 67.4 Å². The molecule has 2 aromatic carbocycles. The molecule has 0 saturated heterocycles. The van der Waals surface area contributed by atoms with E-state index < -0.39 is 0 Å². The minimum absolute atomic E-state index is 0.0251. The van der Waals surface area contributed by atoms with E-state index in [2.05, 4.69) is 16.7 Å². The van der Waals surface area contributed by atoms with Crippen molar-refractivity contribution in [3.05, 3.63) is 47.5 Å². The Balaban J connectivity index is 1.52. The van der Waals surface area contributed by atoms with Crippen LogP contribution in [0.5, 0.6) is 5.75 Å². The van der Waals surface area contributed by atoms with Crippen LogP contribution in [0.1, 0.15) is 17.5 Å². The van der Waals surface area contributed by atoms with Crippen LogP contribution in [0.4, 0.5) is 11.4 Å². The second kappa shape index (κ2) is 7.61. The summed E-state index contributed by atoms with van der Waals surface area (Å²) in [5, 5.41) is 5.65. The molecule has 0 aliphatic carbocycles. The number of anilines is 2. The van der Waals surface area contributed by atoms with Gasteiger partial charge in [-0.3, -0.25) is 9.59 Å². The number of amides is 2. The maximum atomic E-state index is 12.1. The third-order valence-electron chi connectivity index (χ3n) is 3.81. The zero-order valence-corrected chi connectivity index (χ0v) is 15.0. The van der Waals surface area contributed by atoms with Crippen molar-refractivity contribution in [1.29, 1.82) is 0 Å². The number of hydrogen-bond donors (Lipinski definition) is 2. The van der Waals surface area contributed by atoms with Crippen LogP contribution in [0.3, 0.4) is 0 Å². The zero-order valence-electron chi connectivity index (χ0n) is 14.2. The predicted octanol–water partition coefficient (Wildman–Crippen LogP) is 3.76. The molecule has 3 rings (SSSR count). The first kappa shape index (κ1) is 17.4. The lowest BCUT2D eigenvalue weighted by molar-refractivity contribution is -0.116. The molecule has 0 radical (unpaired) electrons. The maximum Gasteiger partial charge on any atom is 0.234 e. The largest absolute Gasteiger partial charge is 0.493 e. The fourth-order valence-corrected chi connectivity index (χ4v) is 3.39. The predicted molar refractivity (Wildman–Crippen MR) is 100 cm³/mol. The minimum Gasteiger partial charge on any atom is -0.493 e. The molecule has 0 bridgehead atoms. The normalized spacial score (nSPS) is 13.0. The standard InChI is InChI=1S/C19H20N2O3S/c1-12-3-5-16(13(2)9-12)24-8-7-18(22)20-14-4-6-17-15(10-14)21-19(23)11-25-17/h3-6,9-10H,7-8,11H2,1-2H3,(H,20,22)(H,21,23). The molecule has 1 aliphatic heterocycles. The van der Waals surface area contributed by atoms with Crippen molar-refractivity contribution in [2.75, 3.05) is 23.0 Å². The fourth-order valence-electron chi connectivity index (χ4n) is 2.60. The third-order valence-corrected chi connectivity index (χ3v) is 4.89. The van der Waals surface area contributed by atoms with Crippen molar-refractivity contribution in [3.8, 4) is 5.75 Å². The Hall–Kier alpha value is -2.47. The number of ether oxygens (including phenoxy) is 1. The van der Waals surface area contributed by atoms with E-state index in [1.165, 1.54) is 17.3 Å². The van der Waals surface area contributed by atoms with E-state index >= 15 is 0 Å². The number of rotatable bonds is 5. The van der Waals surface area contributed by atoms with Crippen molar-refractivity contribution in [2.45, 2.75) is 25.2 Å². The van der Waals surface area contributed by atoms with Gasteiger partial charge in [-0.15, -0.1) is 11.8 Å². The Morgan fingerprint density at radius 2 is 2.08 bits per heavy atom. The molecule has 0 unspecified atom stereocenters. The summed E-state index contributed by atoms with van der Waals surface area (Å²) in [5.74, 6) is 1.07. The van der Waals surface area contributed by atoms with Gasteiger partial charge in [0.25, 0.3) is 0 Å². The number of fused-ring (bicyclic) bond motifs is 1. The van der Waals surface area contributed by atoms with E-state index in [1.54, 1.807) is 6.07 Å². The molecule has 0 aromatic heterocycles. The molecule has 0 saturated carbocycles. The van der Waals surface area contributed by atoms with Gasteiger partial charge >= 0.3 is 0 Å². The number of aryl methyl sites for hydroxylation is 2. The molecule has 2 aromatic rings. The molecule has 130 valence electrons. The molecule has 6 heteroatoms. The quantitative estimate of drug-likeness (QED) is 0.856. The number of nitrogens with one attached hydrogen (secondary N) is 2. The Kier molecular flexibility index (Phi) is 5.28. The van der Waals surface area contributed by atoms with Gasteiger partial charge in [-0.05, 0) is 43.7 Å². The van der Waals surface area contributed by atoms with Gasteiger partial charge in [0, 0.05) is 10.6 Å². The first-order chi connectivity index (χ1) is 12.0. The first-order valence-electron chi connectivity index (χ1n) is 8.08. The highest BCUT2D eigenvalue weighted by Crippen LogP contribution is 2.33. The van der Waals surface area contributed by atoms with Crippen molar-refractivity contribution in [2.24, 2.45) is 0 Å². The molecule has 5 nitrogen and oxygen atoms in total. The molecule has 0 atom stereocenters. The van der Waals surface area contributed by atoms with E-state index in [0.717, 1.165) is 21.9 Å². The Bertz CT molecular complexity index is 820. The fraction of sp³-hybridized carbons (Fsp3) is 0.263. The SMILES string of the molecule is Cc1ccc(OCCC(=O)Nc2ccc3c(c2)NC(=O)CS3)c(C)c1. The zero-order chi connectivity index (χ0) is 17.8. The molecule has 2 N–H and O–H groups in total. The van der Waals surface area contributed by atoms with Gasteiger partial charge in [0.05, 0.1) is 24.5 Å². The maximum absolute atomic E-state index is 12.1. The molecule has 25 heavy (non-hydrogen) atoms. The van der Waals surface area contributed by atoms with Crippen molar-refractivity contribution < 1.29 is 14.3 Å². The van der Waals surface area contributed by atoms with Crippen LogP contribution in [0.2, 0.25) is 0 Å². The summed E-state index contributed by atoms with van der Waals surface area (Å²) in [6.45, 7) is 4.33. The lowest BCUT2D eigenvalue weighted by atomic mass is 10.1. The molecular weight excluding hydrogens is 336 g/mol. The van der Waals surface area contributed by atoms with Crippen LogP contribution in [0, 0.1) is 13.8 Å². The monoisotopic (exact) mass is 356 g/mol. The first-order valence-corrected chi connectivity index (χ1v) is 9.06. The highest BCUT2D eigenvalue weighted by atomic mass is 32.2. The number of benzene rings is 2. The van der Waals surface area contributed by atoms with Gasteiger partial charge in [-0.1, -0.05) is 17.7 Å². The Morgan fingerprint density at radius 1 is 1.24 bits per heavy atom. The highest BCUT2D eigenvalue weighted by molar-refractivity contribution is 8.00. The lowest BCUT2D eigenvalue weighted by Crippen LogP contribution is -2.19. The second-order valence-electron chi connectivity index (χ2n) is 5.96. The van der Waals surface area contributed by atoms with Crippen LogP contribution >= 0.6 is 11.8 Å². The van der Waals surface area contributed by atoms with Gasteiger partial charge in [0.1, 0.15) is 5.75 Å². The minimum atomic E-state index is -0.125. The van der Waals surface area contributed by atoms with Gasteiger partial charge < -0.3 is 15.4 Å². The Labute approximate surface area is 151 Å². The number of hydrogen-bond acceptors (Lipinski definition) is 4. The highest BCUT2D eigenvalue weighted by Gasteiger charge is 2.16. The van der Waals surface area contributed by atoms with Crippen molar-refractivity contribution in [3.63, 3.8) is 0 Å². The van der Waals surface area contributed by atoms with E-state index in [4.69, 9.17) is 4.74 Å². The van der Waals surface area contributed by atoms with Gasteiger partial charge in [-0.25, -0.2) is 0 Å². The number of carbonyl (C=O) groups is 2. The lowest BCUT2D eigenvalue weighted by Gasteiger charge is -2.17. The van der Waals surface area contributed by atoms with E-state index in [1.807, 2.05) is 38.1 Å². The molecule has 0 fully saturated rings. The van der Waals surface area contributed by atoms with E-state index in [9.17, 15) is 9.59 Å². The molecular formula is C19H20N2O3S. The Morgan fingerprint density at radius 3 is 2.88 bits per heavy atom. The van der Waals surface area contributed by atoms with Gasteiger partial charge in [0.2, 0.25) is 11.8 Å². The second-order valence-corrected chi connectivity index (χ2v) is 6.98. The van der Waals surface area contributed by atoms with Crippen LogP contribution in [0.25, 0.3) is 0 Å². The van der Waals surface area contributed by atoms with Crippen molar-refractivity contribution in [1.82, 2.24) is 0 Å². The average molecular weight is 356 g/mol. The smallest absolute Gasteiger partial charge is 0.234 e. The molecule has 0 spiro atoms. The summed E-state index contributed by atoms with van der Waals surface area (Å²) < 4.78 is 5.68. The van der Waals surface area contributed by atoms with Crippen LogP contribution in [-0.2, 0) is 9.59 Å². The van der Waals surface area contributed by atoms with E-state index in [0.29, 0.717) is 18.0 Å². The summed E-state index contributed by atoms with van der Waals surface area (Å²) in [6, 6.07) is 11.5. The molecule has 1 heterocycles. The van der Waals surface area contributed by atoms with Gasteiger partial charge in [0.15, 0.2) is 0 Å². The average Bonchev–Trinajstić information content (AvgIpc) is 2.56. The van der Waals surface area contributed by atoms with Crippen LogP contribution in [-0.4, -0.2) is 24.2 Å². The molecule has 2 amide bonds. The summed E-state index contributed by atoms with van der Waals surface area (Å²) in [7, 11) is 0. The summed E-state index contributed by atoms with van der Waals surface area (Å²) >= 11 is 1.49. The number of thioether (sulfide) groups is 1. The summed E-state index contributed by atoms with van der Waals surface area (Å²) in [4.78, 5) is 24.5. The van der Waals surface area contributed by atoms with E-state index in [-0.39, 0.29) is 18.2 Å². The van der Waals surface area contributed by atoms with Gasteiger partial charge in [-0.2, -0.15) is 0 Å². The summed E-state index contributed by atoms with van der Waals surface area (Å²) in [6.07, 6.45) is 0.255. The summed E-state index contributed by atoms with van der Waals surface area (Å²) in [5.41, 5.74) is 3.65. The van der Waals surface area contributed by atoms with Crippen molar-refractivity contribution >= 4 is 35.0 Å². The molecule has 1 aliphatic rings. The third kappa shape index (κ3) is 4.54. The van der Waals surface area contributed by atoms with Crippen LogP contribution < -0.4 is 15.4 Å². The van der Waals surface area contributed by atoms with Crippen LogP contribution in [0.15, 0.2) is 41.3 Å². The number of carbonyl (C=O) groups excluding carboxylic acids is 2.